The van der Waals surface area contributed by atoms with Crippen LogP contribution >= 0.6 is 0 Å². The Morgan fingerprint density at radius 2 is 1.80 bits per heavy atom. The number of aromatic nitrogens is 8. The van der Waals surface area contributed by atoms with E-state index in [-0.39, 0.29) is 18.3 Å². The first-order chi connectivity index (χ1) is 24.4. The molecular formula is C35H45N11O4. The summed E-state index contributed by atoms with van der Waals surface area (Å²) in [5.74, 6) is 2.00. The molecule has 264 valence electrons. The minimum Gasteiger partial charge on any atom is -0.487 e. The maximum atomic E-state index is 9.68. The van der Waals surface area contributed by atoms with Gasteiger partial charge in [0.05, 0.1) is 56.4 Å². The van der Waals surface area contributed by atoms with Gasteiger partial charge in [0.15, 0.2) is 0 Å². The smallest absolute Gasteiger partial charge is 0.256 e. The zero-order valence-electron chi connectivity index (χ0n) is 28.9. The molecule has 2 aliphatic heterocycles. The van der Waals surface area contributed by atoms with E-state index in [4.69, 9.17) is 24.0 Å². The average Bonchev–Trinajstić information content (AvgIpc) is 3.76. The minimum absolute atomic E-state index is 0.268. The fourth-order valence-corrected chi connectivity index (χ4v) is 7.07. The molecule has 0 bridgehead atoms. The summed E-state index contributed by atoms with van der Waals surface area (Å²) in [4.78, 5) is 11.9. The first-order valence-corrected chi connectivity index (χ1v) is 17.6. The van der Waals surface area contributed by atoms with Crippen molar-refractivity contribution < 1.29 is 18.9 Å². The van der Waals surface area contributed by atoms with Crippen molar-refractivity contribution in [1.29, 1.82) is 5.26 Å². The van der Waals surface area contributed by atoms with Crippen molar-refractivity contribution in [3.8, 4) is 28.8 Å². The summed E-state index contributed by atoms with van der Waals surface area (Å²) in [6, 6.07) is 8.52. The number of hydrogen-bond donors (Lipinski definition) is 1. The summed E-state index contributed by atoms with van der Waals surface area (Å²) in [7, 11) is 0. The number of tetrazole rings is 1. The highest BCUT2D eigenvalue weighted by atomic mass is 16.5. The zero-order valence-corrected chi connectivity index (χ0v) is 28.9. The molecule has 15 heteroatoms. The molecule has 3 aliphatic rings. The summed E-state index contributed by atoms with van der Waals surface area (Å²) >= 11 is 0. The lowest BCUT2D eigenvalue weighted by Gasteiger charge is -2.42. The lowest BCUT2D eigenvalue weighted by molar-refractivity contribution is -0.0852. The Labute approximate surface area is 291 Å². The van der Waals surface area contributed by atoms with Gasteiger partial charge in [0, 0.05) is 43.0 Å². The first kappa shape index (κ1) is 33.8. The van der Waals surface area contributed by atoms with E-state index in [1.807, 2.05) is 25.3 Å². The lowest BCUT2D eigenvalue weighted by atomic mass is 9.89. The van der Waals surface area contributed by atoms with Gasteiger partial charge in [0.1, 0.15) is 29.9 Å². The summed E-state index contributed by atoms with van der Waals surface area (Å²) in [6.45, 7) is 10.8. The van der Waals surface area contributed by atoms with E-state index in [1.165, 1.54) is 6.33 Å². The van der Waals surface area contributed by atoms with E-state index in [0.29, 0.717) is 54.3 Å². The summed E-state index contributed by atoms with van der Waals surface area (Å²) in [6.07, 6.45) is 12.7. The van der Waals surface area contributed by atoms with Crippen LogP contribution < -0.4 is 14.8 Å². The molecule has 4 aromatic rings. The average molecular weight is 684 g/mol. The molecule has 1 aliphatic carbocycles. The lowest BCUT2D eigenvalue weighted by Crippen LogP contribution is -2.51. The van der Waals surface area contributed by atoms with E-state index in [2.05, 4.69) is 60.3 Å². The Bertz CT molecular complexity index is 1720. The van der Waals surface area contributed by atoms with Crippen LogP contribution in [0, 0.1) is 17.2 Å². The molecule has 50 heavy (non-hydrogen) atoms. The third kappa shape index (κ3) is 8.20. The molecule has 2 saturated heterocycles. The third-order valence-electron chi connectivity index (χ3n) is 9.67. The number of morpholine rings is 1. The predicted molar refractivity (Wildman–Crippen MR) is 183 cm³/mol. The van der Waals surface area contributed by atoms with Crippen LogP contribution in [0.1, 0.15) is 64.5 Å². The second-order valence-corrected chi connectivity index (χ2v) is 13.7. The van der Waals surface area contributed by atoms with Crippen LogP contribution in [-0.2, 0) is 16.0 Å². The second-order valence-electron chi connectivity index (χ2n) is 13.7. The standard InChI is InChI=1S/C35H45N11O4/c1-23-16-44(17-24(2)49-23)30-6-8-31(9-7-30)46-19-32(34(41-46)48-11-10-26-20-47-21-26)40-35-37-14-29(15-38-35)27-4-5-28(13-36)33(12-27)50-25(3)18-45-22-39-42-43-45/h4-5,12,14-15,19,22-26,30-31H,6-11,16-18,20-21H2,1-3H3,(H,37,38,40)/t23-,24+,25-,30?,31?/m0/s1. The van der Waals surface area contributed by atoms with Crippen LogP contribution in [0.2, 0.25) is 0 Å². The van der Waals surface area contributed by atoms with Crippen LogP contribution in [0.3, 0.4) is 0 Å². The second kappa shape index (κ2) is 15.5. The number of nitriles is 1. The molecule has 0 radical (unpaired) electrons. The SMILES string of the molecule is C[C@@H]1CN(C2CCC(n3cc(Nc4ncc(-c5ccc(C#N)c(O[C@@H](C)Cn6cnnn6)c5)cn4)c(OCCC4COC4)n3)CC2)C[C@H](C)O1. The van der Waals surface area contributed by atoms with Gasteiger partial charge in [0.25, 0.3) is 5.88 Å². The monoisotopic (exact) mass is 683 g/mol. The molecule has 5 heterocycles. The van der Waals surface area contributed by atoms with Crippen molar-refractivity contribution in [2.75, 3.05) is 38.2 Å². The van der Waals surface area contributed by atoms with Gasteiger partial charge < -0.3 is 24.3 Å². The van der Waals surface area contributed by atoms with Crippen LogP contribution in [0.5, 0.6) is 11.6 Å². The summed E-state index contributed by atoms with van der Waals surface area (Å²) in [5.41, 5.74) is 2.79. The van der Waals surface area contributed by atoms with Crippen molar-refractivity contribution in [2.24, 2.45) is 5.92 Å². The molecule has 3 aromatic heterocycles. The highest BCUT2D eigenvalue weighted by Crippen LogP contribution is 2.36. The number of nitrogens with one attached hydrogen (secondary N) is 1. The van der Waals surface area contributed by atoms with Crippen molar-refractivity contribution in [2.45, 2.75) is 89.8 Å². The van der Waals surface area contributed by atoms with Gasteiger partial charge in [-0.25, -0.2) is 14.6 Å². The van der Waals surface area contributed by atoms with E-state index >= 15 is 0 Å². The fourth-order valence-electron chi connectivity index (χ4n) is 7.07. The summed E-state index contributed by atoms with van der Waals surface area (Å²) in [5, 5.41) is 29.2. The Morgan fingerprint density at radius 3 is 2.48 bits per heavy atom. The van der Waals surface area contributed by atoms with E-state index < -0.39 is 0 Å². The largest absolute Gasteiger partial charge is 0.487 e. The number of rotatable bonds is 13. The Hall–Kier alpha value is -4.65. The maximum absolute atomic E-state index is 9.68. The molecule has 3 fully saturated rings. The third-order valence-corrected chi connectivity index (χ3v) is 9.67. The number of nitrogens with zero attached hydrogens (tertiary/aromatic N) is 10. The Morgan fingerprint density at radius 1 is 1.04 bits per heavy atom. The topological polar surface area (TPSA) is 163 Å². The van der Waals surface area contributed by atoms with Gasteiger partial charge in [-0.2, -0.15) is 5.26 Å². The van der Waals surface area contributed by atoms with Gasteiger partial charge in [0.2, 0.25) is 5.95 Å². The predicted octanol–water partition coefficient (Wildman–Crippen LogP) is 4.42. The molecule has 7 rings (SSSR count). The molecule has 0 amide bonds. The fraction of sp³-hybridized carbons (Fsp3) is 0.571. The molecule has 3 atom stereocenters. The van der Waals surface area contributed by atoms with Gasteiger partial charge in [-0.15, -0.1) is 10.2 Å². The van der Waals surface area contributed by atoms with Gasteiger partial charge in [-0.1, -0.05) is 6.07 Å². The molecular weight excluding hydrogens is 638 g/mol. The number of benzene rings is 1. The normalized spacial score (nSPS) is 23.5. The molecule has 1 saturated carbocycles. The van der Waals surface area contributed by atoms with Crippen molar-refractivity contribution >= 4 is 11.6 Å². The summed E-state index contributed by atoms with van der Waals surface area (Å²) < 4.78 is 27.3. The van der Waals surface area contributed by atoms with Crippen LogP contribution in [0.15, 0.2) is 43.1 Å². The highest BCUT2D eigenvalue weighted by molar-refractivity contribution is 5.67. The molecule has 15 nitrogen and oxygen atoms in total. The van der Waals surface area contributed by atoms with Crippen LogP contribution in [-0.4, -0.2) is 102 Å². The van der Waals surface area contributed by atoms with Crippen LogP contribution in [0.25, 0.3) is 11.1 Å². The molecule has 1 aromatic carbocycles. The van der Waals surface area contributed by atoms with Gasteiger partial charge >= 0.3 is 0 Å². The molecule has 1 N–H and O–H groups in total. The first-order valence-electron chi connectivity index (χ1n) is 17.6. The minimum atomic E-state index is -0.268. The van der Waals surface area contributed by atoms with Crippen molar-refractivity contribution in [3.05, 3.63) is 48.7 Å². The number of ether oxygens (including phenoxy) is 4. The number of anilines is 2. The quantitative estimate of drug-likeness (QED) is 0.211. The maximum Gasteiger partial charge on any atom is 0.256 e. The Balaban J connectivity index is 1.02. The van der Waals surface area contributed by atoms with E-state index in [0.717, 1.165) is 75.2 Å². The van der Waals surface area contributed by atoms with Gasteiger partial charge in [-0.3, -0.25) is 9.58 Å². The molecule has 0 unspecified atom stereocenters. The molecule has 0 spiro atoms. The van der Waals surface area contributed by atoms with E-state index in [1.54, 1.807) is 23.1 Å². The van der Waals surface area contributed by atoms with E-state index in [9.17, 15) is 5.26 Å². The zero-order chi connectivity index (χ0) is 34.5. The van der Waals surface area contributed by atoms with Crippen LogP contribution in [0.4, 0.5) is 11.6 Å². The van der Waals surface area contributed by atoms with Crippen molar-refractivity contribution in [1.82, 2.24) is 44.9 Å². The Kier molecular flexibility index (Phi) is 10.5. The van der Waals surface area contributed by atoms with Crippen molar-refractivity contribution in [3.63, 3.8) is 0 Å². The van der Waals surface area contributed by atoms with Gasteiger partial charge in [-0.05, 0) is 81.0 Å². The number of hydrogen-bond acceptors (Lipinski definition) is 13. The highest BCUT2D eigenvalue weighted by Gasteiger charge is 2.32.